The standard InChI is InChI=1S/C19H18ClF2N3OS/c1-26-10-4-9-25-18(15-5-2-3-6-16(15)20)23-24-19(25)27-12-13-11-14(21)7-8-17(13)22/h2-3,5-8,11H,4,9-10,12H2,1H3. The Kier molecular flexibility index (Phi) is 6.82. The molecule has 0 radical (unpaired) electrons. The van der Waals surface area contributed by atoms with E-state index in [1.807, 2.05) is 22.8 Å². The van der Waals surface area contributed by atoms with Gasteiger partial charge in [0.05, 0.1) is 5.02 Å². The maximum absolute atomic E-state index is 13.9. The molecule has 142 valence electrons. The number of thioether (sulfide) groups is 1. The zero-order valence-electron chi connectivity index (χ0n) is 14.7. The van der Waals surface area contributed by atoms with Crippen LogP contribution in [0.25, 0.3) is 11.4 Å². The molecule has 0 bridgehead atoms. The van der Waals surface area contributed by atoms with E-state index in [1.165, 1.54) is 17.8 Å². The highest BCUT2D eigenvalue weighted by molar-refractivity contribution is 7.98. The summed E-state index contributed by atoms with van der Waals surface area (Å²) < 4.78 is 34.3. The fourth-order valence-corrected chi connectivity index (χ4v) is 3.76. The highest BCUT2D eigenvalue weighted by atomic mass is 35.5. The van der Waals surface area contributed by atoms with Crippen LogP contribution in [0.3, 0.4) is 0 Å². The van der Waals surface area contributed by atoms with Gasteiger partial charge in [0.15, 0.2) is 11.0 Å². The first-order valence-electron chi connectivity index (χ1n) is 8.34. The molecule has 0 unspecified atom stereocenters. The predicted octanol–water partition coefficient (Wildman–Crippen LogP) is 5.21. The lowest BCUT2D eigenvalue weighted by Crippen LogP contribution is -2.05. The summed E-state index contributed by atoms with van der Waals surface area (Å²) in [6, 6.07) is 10.8. The summed E-state index contributed by atoms with van der Waals surface area (Å²) >= 11 is 7.61. The van der Waals surface area contributed by atoms with Crippen LogP contribution in [-0.4, -0.2) is 28.5 Å². The third-order valence-electron chi connectivity index (χ3n) is 3.93. The van der Waals surface area contributed by atoms with Crippen LogP contribution < -0.4 is 0 Å². The molecule has 3 rings (SSSR count). The molecule has 0 fully saturated rings. The molecule has 0 aliphatic rings. The highest BCUT2D eigenvalue weighted by Crippen LogP contribution is 2.31. The summed E-state index contributed by atoms with van der Waals surface area (Å²) in [5.41, 5.74) is 1.05. The number of hydrogen-bond acceptors (Lipinski definition) is 4. The molecule has 1 aromatic heterocycles. The molecule has 8 heteroatoms. The van der Waals surface area contributed by atoms with E-state index in [0.717, 1.165) is 24.1 Å². The van der Waals surface area contributed by atoms with Gasteiger partial charge in [0, 0.05) is 37.1 Å². The lowest BCUT2D eigenvalue weighted by molar-refractivity contribution is 0.189. The van der Waals surface area contributed by atoms with Crippen molar-refractivity contribution in [2.45, 2.75) is 23.9 Å². The fraction of sp³-hybridized carbons (Fsp3) is 0.263. The summed E-state index contributed by atoms with van der Waals surface area (Å²) in [6.07, 6.45) is 0.758. The Labute approximate surface area is 165 Å². The second-order valence-corrected chi connectivity index (χ2v) is 7.16. The fourth-order valence-electron chi connectivity index (χ4n) is 2.60. The van der Waals surface area contributed by atoms with E-state index in [-0.39, 0.29) is 11.3 Å². The van der Waals surface area contributed by atoms with Gasteiger partial charge >= 0.3 is 0 Å². The summed E-state index contributed by atoms with van der Waals surface area (Å²) in [5.74, 6) is -0.0287. The average Bonchev–Trinajstić information content (AvgIpc) is 3.06. The summed E-state index contributed by atoms with van der Waals surface area (Å²) in [4.78, 5) is 0. The molecule has 0 aliphatic carbocycles. The molecule has 1 heterocycles. The monoisotopic (exact) mass is 409 g/mol. The molecule has 0 spiro atoms. The van der Waals surface area contributed by atoms with E-state index < -0.39 is 11.6 Å². The summed E-state index contributed by atoms with van der Waals surface area (Å²) in [6.45, 7) is 1.21. The van der Waals surface area contributed by atoms with Crippen molar-refractivity contribution in [2.75, 3.05) is 13.7 Å². The van der Waals surface area contributed by atoms with Crippen LogP contribution in [0.5, 0.6) is 0 Å². The second-order valence-electron chi connectivity index (χ2n) is 5.81. The van der Waals surface area contributed by atoms with Crippen molar-refractivity contribution >= 4 is 23.4 Å². The number of ether oxygens (including phenoxy) is 1. The minimum Gasteiger partial charge on any atom is -0.385 e. The maximum atomic E-state index is 13.9. The lowest BCUT2D eigenvalue weighted by atomic mass is 10.2. The van der Waals surface area contributed by atoms with Crippen LogP contribution in [0.15, 0.2) is 47.6 Å². The van der Waals surface area contributed by atoms with Gasteiger partial charge in [-0.25, -0.2) is 8.78 Å². The minimum absolute atomic E-state index is 0.245. The molecule has 0 saturated heterocycles. The van der Waals surface area contributed by atoms with Gasteiger partial charge in [-0.15, -0.1) is 10.2 Å². The van der Waals surface area contributed by atoms with E-state index in [4.69, 9.17) is 16.3 Å². The van der Waals surface area contributed by atoms with Gasteiger partial charge in [-0.2, -0.15) is 0 Å². The van der Waals surface area contributed by atoms with Gasteiger partial charge < -0.3 is 9.30 Å². The zero-order valence-corrected chi connectivity index (χ0v) is 16.2. The van der Waals surface area contributed by atoms with Crippen LogP contribution >= 0.6 is 23.4 Å². The smallest absolute Gasteiger partial charge is 0.191 e. The number of halogens is 3. The van der Waals surface area contributed by atoms with Crippen molar-refractivity contribution in [3.8, 4) is 11.4 Å². The lowest BCUT2D eigenvalue weighted by Gasteiger charge is -2.11. The Bertz CT molecular complexity index is 920. The first-order valence-corrected chi connectivity index (χ1v) is 9.70. The highest BCUT2D eigenvalue weighted by Gasteiger charge is 2.17. The molecular formula is C19H18ClF2N3OS. The molecule has 4 nitrogen and oxygen atoms in total. The van der Waals surface area contributed by atoms with Crippen LogP contribution in [0.2, 0.25) is 5.02 Å². The van der Waals surface area contributed by atoms with Crippen molar-refractivity contribution in [1.29, 1.82) is 0 Å². The summed E-state index contributed by atoms with van der Waals surface area (Å²) in [5, 5.41) is 9.71. The van der Waals surface area contributed by atoms with Crippen molar-refractivity contribution in [3.05, 3.63) is 64.7 Å². The largest absolute Gasteiger partial charge is 0.385 e. The third-order valence-corrected chi connectivity index (χ3v) is 5.27. The van der Waals surface area contributed by atoms with E-state index in [0.29, 0.717) is 29.2 Å². The van der Waals surface area contributed by atoms with Gasteiger partial charge in [-0.05, 0) is 36.8 Å². The Morgan fingerprint density at radius 1 is 1.15 bits per heavy atom. The number of methoxy groups -OCH3 is 1. The minimum atomic E-state index is -0.467. The Balaban J connectivity index is 1.88. The SMILES string of the molecule is COCCCn1c(SCc2cc(F)ccc2F)nnc1-c1ccccc1Cl. The molecule has 3 aromatic rings. The van der Waals surface area contributed by atoms with Crippen LogP contribution in [0.1, 0.15) is 12.0 Å². The molecule has 2 aromatic carbocycles. The van der Waals surface area contributed by atoms with Crippen LogP contribution in [0.4, 0.5) is 8.78 Å². The number of nitrogens with zero attached hydrogens (tertiary/aromatic N) is 3. The molecule has 0 saturated carbocycles. The van der Waals surface area contributed by atoms with Crippen molar-refractivity contribution in [2.24, 2.45) is 0 Å². The van der Waals surface area contributed by atoms with Crippen molar-refractivity contribution in [3.63, 3.8) is 0 Å². The molecule has 0 atom stereocenters. The Hall–Kier alpha value is -1.96. The third kappa shape index (κ3) is 4.86. The number of aromatic nitrogens is 3. The van der Waals surface area contributed by atoms with Crippen molar-refractivity contribution in [1.82, 2.24) is 14.8 Å². The summed E-state index contributed by atoms with van der Waals surface area (Å²) in [7, 11) is 1.64. The molecule has 0 N–H and O–H groups in total. The van der Waals surface area contributed by atoms with Crippen molar-refractivity contribution < 1.29 is 13.5 Å². The average molecular weight is 410 g/mol. The van der Waals surface area contributed by atoms with Crippen LogP contribution in [0, 0.1) is 11.6 Å². The van der Waals surface area contributed by atoms with Crippen LogP contribution in [-0.2, 0) is 17.0 Å². The van der Waals surface area contributed by atoms with E-state index in [1.54, 1.807) is 13.2 Å². The van der Waals surface area contributed by atoms with E-state index in [2.05, 4.69) is 10.2 Å². The van der Waals surface area contributed by atoms with E-state index >= 15 is 0 Å². The Morgan fingerprint density at radius 2 is 1.96 bits per heavy atom. The first kappa shape index (κ1) is 19.8. The Morgan fingerprint density at radius 3 is 2.74 bits per heavy atom. The zero-order chi connectivity index (χ0) is 19.2. The first-order chi connectivity index (χ1) is 13.1. The van der Waals surface area contributed by atoms with Gasteiger partial charge in [-0.1, -0.05) is 35.5 Å². The number of benzene rings is 2. The number of rotatable bonds is 8. The molecule has 0 aliphatic heterocycles. The van der Waals surface area contributed by atoms with Gasteiger partial charge in [0.25, 0.3) is 0 Å². The second kappa shape index (κ2) is 9.30. The number of hydrogen-bond donors (Lipinski definition) is 0. The quantitative estimate of drug-likeness (QED) is 0.378. The molecular weight excluding hydrogens is 392 g/mol. The van der Waals surface area contributed by atoms with Gasteiger partial charge in [0.1, 0.15) is 11.6 Å². The normalized spacial score (nSPS) is 11.1. The predicted molar refractivity (Wildman–Crippen MR) is 103 cm³/mol. The topological polar surface area (TPSA) is 39.9 Å². The molecule has 27 heavy (non-hydrogen) atoms. The van der Waals surface area contributed by atoms with Gasteiger partial charge in [0.2, 0.25) is 0 Å². The van der Waals surface area contributed by atoms with E-state index in [9.17, 15) is 8.78 Å². The maximum Gasteiger partial charge on any atom is 0.191 e. The van der Waals surface area contributed by atoms with Gasteiger partial charge in [-0.3, -0.25) is 0 Å². The molecule has 0 amide bonds.